The topological polar surface area (TPSA) is 34.1 Å². The summed E-state index contributed by atoms with van der Waals surface area (Å²) in [6.45, 7) is 6.90. The Morgan fingerprint density at radius 3 is 2.68 bits per heavy atom. The molecule has 2 aromatic rings. The largest absolute Gasteiger partial charge is 0.229 e. The van der Waals surface area contributed by atoms with Crippen LogP contribution in [0.5, 0.6) is 0 Å². The maximum atomic E-state index is 11.7. The van der Waals surface area contributed by atoms with Crippen LogP contribution in [0.1, 0.15) is 75.0 Å². The number of hydrogen-bond donors (Lipinski definition) is 0. The van der Waals surface area contributed by atoms with Gasteiger partial charge >= 0.3 is 0 Å². The van der Waals surface area contributed by atoms with Crippen LogP contribution in [-0.4, -0.2) is 20.4 Å². The van der Waals surface area contributed by atoms with Crippen LogP contribution in [0, 0.1) is 11.3 Å². The SMILES string of the molecule is CC(C)c1cc2ccccc2c2c1C1CCC(C)(CCS(C)(=O)=O)CC1C=C2. The lowest BCUT2D eigenvalue weighted by Crippen LogP contribution is -2.33. The van der Waals surface area contributed by atoms with E-state index < -0.39 is 9.84 Å². The molecule has 0 heterocycles. The Hall–Kier alpha value is -1.61. The fourth-order valence-electron chi connectivity index (χ4n) is 5.46. The number of allylic oxidation sites excluding steroid dienone is 1. The van der Waals surface area contributed by atoms with E-state index in [1.807, 2.05) is 0 Å². The summed E-state index contributed by atoms with van der Waals surface area (Å²) < 4.78 is 23.4. The molecule has 0 bridgehead atoms. The van der Waals surface area contributed by atoms with Crippen LogP contribution in [0.3, 0.4) is 0 Å². The molecule has 2 aromatic carbocycles. The van der Waals surface area contributed by atoms with Crippen molar-refractivity contribution >= 4 is 26.7 Å². The first-order valence-corrected chi connectivity index (χ1v) is 12.6. The third-order valence-corrected chi connectivity index (χ3v) is 7.99. The Balaban J connectivity index is 1.72. The molecule has 1 saturated carbocycles. The molecule has 0 aromatic heterocycles. The van der Waals surface area contributed by atoms with Gasteiger partial charge in [0.1, 0.15) is 9.84 Å². The van der Waals surface area contributed by atoms with Crippen LogP contribution >= 0.6 is 0 Å². The highest BCUT2D eigenvalue weighted by atomic mass is 32.2. The van der Waals surface area contributed by atoms with Gasteiger partial charge in [0.25, 0.3) is 0 Å². The second-order valence-electron chi connectivity index (χ2n) is 9.73. The van der Waals surface area contributed by atoms with Crippen LogP contribution in [0.2, 0.25) is 0 Å². The molecule has 28 heavy (non-hydrogen) atoms. The van der Waals surface area contributed by atoms with E-state index in [2.05, 4.69) is 63.3 Å². The minimum atomic E-state index is -2.90. The van der Waals surface area contributed by atoms with E-state index in [0.29, 0.717) is 23.5 Å². The molecule has 0 N–H and O–H groups in total. The lowest BCUT2D eigenvalue weighted by atomic mass is 9.60. The van der Waals surface area contributed by atoms with Gasteiger partial charge in [-0.25, -0.2) is 8.42 Å². The van der Waals surface area contributed by atoms with Crippen molar-refractivity contribution < 1.29 is 8.42 Å². The zero-order valence-corrected chi connectivity index (χ0v) is 18.4. The first kappa shape index (κ1) is 19.7. The maximum absolute atomic E-state index is 11.7. The predicted octanol–water partition coefficient (Wildman–Crippen LogP) is 6.31. The molecule has 3 atom stereocenters. The van der Waals surface area contributed by atoms with Gasteiger partial charge in [0, 0.05) is 6.26 Å². The van der Waals surface area contributed by atoms with Gasteiger partial charge in [-0.05, 0) is 76.3 Å². The van der Waals surface area contributed by atoms with E-state index in [1.54, 1.807) is 5.56 Å². The van der Waals surface area contributed by atoms with Crippen LogP contribution in [-0.2, 0) is 9.84 Å². The van der Waals surface area contributed by atoms with Crippen molar-refractivity contribution in [2.75, 3.05) is 12.0 Å². The Morgan fingerprint density at radius 1 is 1.21 bits per heavy atom. The standard InChI is InChI=1S/C25H32O2S/c1-17(2)23-15-18-7-5-6-8-20(18)22-10-9-19-16-25(3,13-14-28(4,26)27)12-11-21(19)24(22)23/h5-10,15,17,19,21H,11-14,16H2,1-4H3. The van der Waals surface area contributed by atoms with E-state index in [4.69, 9.17) is 0 Å². The van der Waals surface area contributed by atoms with Crippen molar-refractivity contribution in [1.82, 2.24) is 0 Å². The minimum absolute atomic E-state index is 0.126. The van der Waals surface area contributed by atoms with E-state index in [9.17, 15) is 8.42 Å². The molecule has 0 aliphatic heterocycles. The molecule has 4 rings (SSSR count). The highest BCUT2D eigenvalue weighted by Crippen LogP contribution is 2.53. The van der Waals surface area contributed by atoms with Crippen molar-refractivity contribution in [2.45, 2.75) is 58.3 Å². The lowest BCUT2D eigenvalue weighted by molar-refractivity contribution is 0.155. The molecule has 150 valence electrons. The van der Waals surface area contributed by atoms with E-state index in [-0.39, 0.29) is 5.41 Å². The molecule has 2 aliphatic rings. The van der Waals surface area contributed by atoms with E-state index in [0.717, 1.165) is 25.7 Å². The van der Waals surface area contributed by atoms with Gasteiger partial charge in [0.2, 0.25) is 0 Å². The third kappa shape index (κ3) is 3.66. The van der Waals surface area contributed by atoms with E-state index >= 15 is 0 Å². The van der Waals surface area contributed by atoms with Crippen LogP contribution < -0.4 is 0 Å². The Kier molecular flexibility index (Phi) is 4.94. The Labute approximate surface area is 170 Å². The molecule has 2 aliphatic carbocycles. The summed E-state index contributed by atoms with van der Waals surface area (Å²) in [5, 5.41) is 2.70. The van der Waals surface area contributed by atoms with Gasteiger partial charge in [-0.3, -0.25) is 0 Å². The normalized spacial score (nSPS) is 27.0. The average Bonchev–Trinajstić information content (AvgIpc) is 2.64. The second kappa shape index (κ2) is 7.02. The molecule has 0 amide bonds. The molecule has 0 radical (unpaired) electrons. The highest BCUT2D eigenvalue weighted by molar-refractivity contribution is 7.90. The number of rotatable bonds is 4. The fourth-order valence-corrected chi connectivity index (χ4v) is 6.32. The van der Waals surface area contributed by atoms with Crippen molar-refractivity contribution in [3.63, 3.8) is 0 Å². The van der Waals surface area contributed by atoms with Crippen molar-refractivity contribution in [3.05, 3.63) is 53.1 Å². The summed E-state index contributed by atoms with van der Waals surface area (Å²) >= 11 is 0. The predicted molar refractivity (Wildman–Crippen MR) is 120 cm³/mol. The van der Waals surface area contributed by atoms with Crippen molar-refractivity contribution in [2.24, 2.45) is 11.3 Å². The van der Waals surface area contributed by atoms with Crippen LogP contribution in [0.15, 0.2) is 36.4 Å². The average molecular weight is 397 g/mol. The fraction of sp³-hybridized carbons (Fsp3) is 0.520. The Bertz CT molecular complexity index is 1030. The van der Waals surface area contributed by atoms with Crippen LogP contribution in [0.25, 0.3) is 16.8 Å². The number of hydrogen-bond acceptors (Lipinski definition) is 2. The first-order valence-electron chi connectivity index (χ1n) is 10.6. The third-order valence-electron chi connectivity index (χ3n) is 7.05. The molecule has 2 nitrogen and oxygen atoms in total. The van der Waals surface area contributed by atoms with Gasteiger partial charge in [0.15, 0.2) is 0 Å². The highest BCUT2D eigenvalue weighted by Gasteiger charge is 2.40. The molecule has 0 spiro atoms. The summed E-state index contributed by atoms with van der Waals surface area (Å²) in [6.07, 6.45) is 10.3. The number of fused-ring (bicyclic) bond motifs is 5. The summed E-state index contributed by atoms with van der Waals surface area (Å²) in [6, 6.07) is 11.2. The monoisotopic (exact) mass is 396 g/mol. The first-order chi connectivity index (χ1) is 13.2. The van der Waals surface area contributed by atoms with Gasteiger partial charge in [-0.2, -0.15) is 0 Å². The Morgan fingerprint density at radius 2 is 1.96 bits per heavy atom. The zero-order valence-electron chi connectivity index (χ0n) is 17.5. The molecular weight excluding hydrogens is 364 g/mol. The smallest absolute Gasteiger partial charge is 0.147 e. The van der Waals surface area contributed by atoms with Gasteiger partial charge < -0.3 is 0 Å². The zero-order chi connectivity index (χ0) is 20.1. The van der Waals surface area contributed by atoms with Gasteiger partial charge in [-0.1, -0.05) is 63.3 Å². The van der Waals surface area contributed by atoms with E-state index in [1.165, 1.54) is 28.2 Å². The maximum Gasteiger partial charge on any atom is 0.147 e. The molecule has 1 fully saturated rings. The summed E-state index contributed by atoms with van der Waals surface area (Å²) in [4.78, 5) is 0. The number of sulfone groups is 1. The summed E-state index contributed by atoms with van der Waals surface area (Å²) in [5.41, 5.74) is 4.60. The van der Waals surface area contributed by atoms with Gasteiger partial charge in [0.05, 0.1) is 5.75 Å². The summed E-state index contributed by atoms with van der Waals surface area (Å²) in [5.74, 6) is 1.89. The van der Waals surface area contributed by atoms with Crippen molar-refractivity contribution in [3.8, 4) is 0 Å². The summed E-state index contributed by atoms with van der Waals surface area (Å²) in [7, 11) is -2.90. The van der Waals surface area contributed by atoms with Crippen LogP contribution in [0.4, 0.5) is 0 Å². The lowest BCUT2D eigenvalue weighted by Gasteiger charge is -2.45. The molecule has 3 unspecified atom stereocenters. The van der Waals surface area contributed by atoms with Crippen molar-refractivity contribution in [1.29, 1.82) is 0 Å². The minimum Gasteiger partial charge on any atom is -0.229 e. The quantitative estimate of drug-likeness (QED) is 0.606. The van der Waals surface area contributed by atoms with Gasteiger partial charge in [-0.15, -0.1) is 0 Å². The molecular formula is C25H32O2S. The molecule has 3 heteroatoms. The molecule has 0 saturated heterocycles. The second-order valence-corrected chi connectivity index (χ2v) is 12.0. The number of benzene rings is 2.